The molecule has 0 saturated heterocycles. The first-order chi connectivity index (χ1) is 19.6. The molecule has 3 amide bonds. The lowest BCUT2D eigenvalue weighted by Gasteiger charge is -2.25. The molecule has 41 heavy (non-hydrogen) atoms. The average Bonchev–Trinajstić information content (AvgIpc) is 2.95. The van der Waals surface area contributed by atoms with Crippen LogP contribution in [0, 0.1) is 0 Å². The molecule has 12 heteroatoms. The predicted octanol–water partition coefficient (Wildman–Crippen LogP) is 0.332. The number of nitrogens with two attached hydrogens (primary N) is 2. The fourth-order valence-electron chi connectivity index (χ4n) is 4.13. The second-order valence-corrected chi connectivity index (χ2v) is 9.72. The lowest BCUT2D eigenvalue weighted by atomic mass is 10.0. The Hall–Kier alpha value is -4.29. The van der Waals surface area contributed by atoms with Gasteiger partial charge in [0.15, 0.2) is 0 Å². The van der Waals surface area contributed by atoms with Gasteiger partial charge in [-0.3, -0.25) is 19.2 Å². The van der Waals surface area contributed by atoms with Crippen molar-refractivity contribution < 1.29 is 34.2 Å². The normalized spacial score (nSPS) is 13.7. The molecule has 0 aliphatic heterocycles. The van der Waals surface area contributed by atoms with E-state index in [1.807, 2.05) is 30.3 Å². The molecular weight excluding hydrogens is 530 g/mol. The second-order valence-electron chi connectivity index (χ2n) is 9.72. The first kappa shape index (κ1) is 32.9. The van der Waals surface area contributed by atoms with E-state index in [-0.39, 0.29) is 25.7 Å². The van der Waals surface area contributed by atoms with Gasteiger partial charge in [-0.05, 0) is 49.8 Å². The minimum absolute atomic E-state index is 0.0153. The number of rotatable bonds is 18. The highest BCUT2D eigenvalue weighted by molar-refractivity contribution is 5.94. The van der Waals surface area contributed by atoms with Gasteiger partial charge in [-0.1, -0.05) is 60.7 Å². The summed E-state index contributed by atoms with van der Waals surface area (Å²) in [7, 11) is 0. The van der Waals surface area contributed by atoms with E-state index in [2.05, 4.69) is 16.0 Å². The van der Waals surface area contributed by atoms with Gasteiger partial charge in [0.1, 0.15) is 18.1 Å². The Morgan fingerprint density at radius 1 is 0.659 bits per heavy atom. The minimum Gasteiger partial charge on any atom is -0.481 e. The summed E-state index contributed by atoms with van der Waals surface area (Å²) in [5, 5.41) is 26.4. The van der Waals surface area contributed by atoms with Gasteiger partial charge in [0.05, 0.1) is 6.04 Å². The third kappa shape index (κ3) is 12.2. The van der Waals surface area contributed by atoms with E-state index in [9.17, 15) is 34.2 Å². The number of aliphatic carboxylic acids is 2. The SMILES string of the molecule is NCCCCC(NC(=O)C(N)Cc1ccccc1)C(=O)NC(CCC(=O)O)C(=O)NC(Cc1ccccc1)C(=O)O. The van der Waals surface area contributed by atoms with Crippen molar-refractivity contribution in [2.45, 2.75) is 69.1 Å². The fourth-order valence-corrected chi connectivity index (χ4v) is 4.13. The third-order valence-electron chi connectivity index (χ3n) is 6.39. The summed E-state index contributed by atoms with van der Waals surface area (Å²) in [6.45, 7) is 0.372. The van der Waals surface area contributed by atoms with Gasteiger partial charge in [-0.15, -0.1) is 0 Å². The van der Waals surface area contributed by atoms with Crippen LogP contribution in [0.1, 0.15) is 43.2 Å². The second kappa shape index (κ2) is 17.4. The van der Waals surface area contributed by atoms with Gasteiger partial charge in [-0.2, -0.15) is 0 Å². The molecule has 0 radical (unpaired) electrons. The van der Waals surface area contributed by atoms with E-state index in [4.69, 9.17) is 11.5 Å². The molecule has 4 atom stereocenters. The molecule has 4 unspecified atom stereocenters. The van der Waals surface area contributed by atoms with Crippen molar-refractivity contribution in [1.82, 2.24) is 16.0 Å². The van der Waals surface area contributed by atoms with Crippen LogP contribution in [0.15, 0.2) is 60.7 Å². The van der Waals surface area contributed by atoms with Gasteiger partial charge in [0.2, 0.25) is 17.7 Å². The van der Waals surface area contributed by atoms with Crippen LogP contribution in [0.3, 0.4) is 0 Å². The zero-order valence-corrected chi connectivity index (χ0v) is 22.8. The summed E-state index contributed by atoms with van der Waals surface area (Å²) in [6, 6.07) is 13.1. The Balaban J connectivity index is 2.15. The summed E-state index contributed by atoms with van der Waals surface area (Å²) in [6.07, 6.45) is 0.754. The standard InChI is InChI=1S/C29H39N5O7/c30-16-8-7-13-22(32-26(37)21(31)17-19-9-3-1-4-10-19)27(38)33-23(14-15-25(35)36)28(39)34-24(29(40)41)18-20-11-5-2-6-12-20/h1-6,9-12,21-24H,7-8,13-18,30-31H2,(H,32,37)(H,33,38)(H,34,39)(H,35,36)(H,40,41). The van der Waals surface area contributed by atoms with Crippen molar-refractivity contribution in [3.63, 3.8) is 0 Å². The van der Waals surface area contributed by atoms with Crippen LogP contribution >= 0.6 is 0 Å². The number of carboxylic acid groups (broad SMARTS) is 2. The summed E-state index contributed by atoms with van der Waals surface area (Å²) in [5.41, 5.74) is 13.2. The number of hydrogen-bond acceptors (Lipinski definition) is 7. The van der Waals surface area contributed by atoms with E-state index in [0.717, 1.165) is 5.56 Å². The van der Waals surface area contributed by atoms with Gasteiger partial charge in [0.25, 0.3) is 0 Å². The summed E-state index contributed by atoms with van der Waals surface area (Å²) >= 11 is 0. The molecule has 2 rings (SSSR count). The molecule has 0 aromatic heterocycles. The Labute approximate surface area is 238 Å². The van der Waals surface area contributed by atoms with Gasteiger partial charge >= 0.3 is 11.9 Å². The van der Waals surface area contributed by atoms with E-state index in [0.29, 0.717) is 24.9 Å². The van der Waals surface area contributed by atoms with Gasteiger partial charge in [0, 0.05) is 12.8 Å². The summed E-state index contributed by atoms with van der Waals surface area (Å²) in [4.78, 5) is 62.3. The van der Waals surface area contributed by atoms with Crippen molar-refractivity contribution in [1.29, 1.82) is 0 Å². The molecule has 12 nitrogen and oxygen atoms in total. The van der Waals surface area contributed by atoms with E-state index >= 15 is 0 Å². The van der Waals surface area contributed by atoms with E-state index < -0.39 is 60.2 Å². The van der Waals surface area contributed by atoms with Crippen molar-refractivity contribution in [3.8, 4) is 0 Å². The lowest BCUT2D eigenvalue weighted by Crippen LogP contribution is -2.57. The molecule has 222 valence electrons. The average molecular weight is 570 g/mol. The minimum atomic E-state index is -1.36. The number of hydrogen-bond donors (Lipinski definition) is 7. The van der Waals surface area contributed by atoms with Crippen LogP contribution in [0.4, 0.5) is 0 Å². The first-order valence-corrected chi connectivity index (χ1v) is 13.5. The molecule has 9 N–H and O–H groups in total. The highest BCUT2D eigenvalue weighted by atomic mass is 16.4. The Morgan fingerprint density at radius 3 is 1.66 bits per heavy atom. The van der Waals surface area contributed by atoms with Crippen molar-refractivity contribution in [2.75, 3.05) is 6.54 Å². The van der Waals surface area contributed by atoms with Gasteiger partial charge < -0.3 is 37.6 Å². The fraction of sp³-hybridized carbons (Fsp3) is 0.414. The van der Waals surface area contributed by atoms with Crippen LogP contribution in [0.25, 0.3) is 0 Å². The van der Waals surface area contributed by atoms with Crippen LogP contribution in [-0.4, -0.2) is 70.6 Å². The number of carbonyl (C=O) groups is 5. The highest BCUT2D eigenvalue weighted by Gasteiger charge is 2.30. The maximum atomic E-state index is 13.3. The molecule has 0 fully saturated rings. The molecule has 0 aliphatic carbocycles. The monoisotopic (exact) mass is 569 g/mol. The predicted molar refractivity (Wildman–Crippen MR) is 151 cm³/mol. The number of carboxylic acids is 2. The Kier molecular flexibility index (Phi) is 14.0. The Bertz CT molecular complexity index is 1150. The van der Waals surface area contributed by atoms with Gasteiger partial charge in [-0.25, -0.2) is 4.79 Å². The number of carbonyl (C=O) groups excluding carboxylic acids is 3. The molecular formula is C29H39N5O7. The largest absolute Gasteiger partial charge is 0.481 e. The van der Waals surface area contributed by atoms with Crippen molar-refractivity contribution in [2.24, 2.45) is 11.5 Å². The molecule has 0 bridgehead atoms. The molecule has 2 aromatic carbocycles. The van der Waals surface area contributed by atoms with Crippen LogP contribution in [-0.2, 0) is 36.8 Å². The van der Waals surface area contributed by atoms with E-state index in [1.165, 1.54) is 0 Å². The topological polar surface area (TPSA) is 214 Å². The third-order valence-corrected chi connectivity index (χ3v) is 6.39. The number of nitrogens with one attached hydrogen (secondary N) is 3. The molecule has 0 aliphatic rings. The van der Waals surface area contributed by atoms with Crippen molar-refractivity contribution >= 4 is 29.7 Å². The van der Waals surface area contributed by atoms with Crippen molar-refractivity contribution in [3.05, 3.63) is 71.8 Å². The zero-order chi connectivity index (χ0) is 30.2. The van der Waals surface area contributed by atoms with Crippen LogP contribution < -0.4 is 27.4 Å². The quantitative estimate of drug-likeness (QED) is 0.123. The highest BCUT2D eigenvalue weighted by Crippen LogP contribution is 2.08. The van der Waals surface area contributed by atoms with Crippen LogP contribution in [0.5, 0.6) is 0 Å². The maximum absolute atomic E-state index is 13.3. The molecule has 0 heterocycles. The molecule has 0 saturated carbocycles. The number of amides is 3. The molecule has 0 spiro atoms. The lowest BCUT2D eigenvalue weighted by molar-refractivity contribution is -0.143. The maximum Gasteiger partial charge on any atom is 0.326 e. The van der Waals surface area contributed by atoms with E-state index in [1.54, 1.807) is 30.3 Å². The zero-order valence-electron chi connectivity index (χ0n) is 22.8. The summed E-state index contributed by atoms with van der Waals surface area (Å²) in [5.74, 6) is -4.62. The Morgan fingerprint density at radius 2 is 1.15 bits per heavy atom. The summed E-state index contributed by atoms with van der Waals surface area (Å²) < 4.78 is 0. The smallest absolute Gasteiger partial charge is 0.326 e. The van der Waals surface area contributed by atoms with Crippen LogP contribution in [0.2, 0.25) is 0 Å². The number of unbranched alkanes of at least 4 members (excludes halogenated alkanes) is 1. The number of benzene rings is 2. The molecule has 2 aromatic rings. The first-order valence-electron chi connectivity index (χ1n) is 13.5.